The van der Waals surface area contributed by atoms with Gasteiger partial charge in [0.15, 0.2) is 0 Å². The highest BCUT2D eigenvalue weighted by Gasteiger charge is 2.52. The number of H-pyrrole nitrogens is 2. The van der Waals surface area contributed by atoms with Gasteiger partial charge in [0, 0.05) is 34.2 Å². The zero-order valence-corrected chi connectivity index (χ0v) is 17.3. The van der Waals surface area contributed by atoms with Crippen LogP contribution in [0.4, 0.5) is 0 Å². The molecule has 1 aliphatic carbocycles. The summed E-state index contributed by atoms with van der Waals surface area (Å²) in [5.41, 5.74) is 6.09. The van der Waals surface area contributed by atoms with E-state index in [2.05, 4.69) is 95.2 Å². The van der Waals surface area contributed by atoms with E-state index in [9.17, 15) is 4.79 Å². The number of carbonyl (C=O) groups excluding carboxylic acids is 1. The molecule has 32 heavy (non-hydrogen) atoms. The molecule has 0 bridgehead atoms. The Bertz CT molecular complexity index is 1590. The number of rotatable bonds is 3. The Hall–Kier alpha value is -4.11. The molecule has 2 aromatic heterocycles. The highest BCUT2D eigenvalue weighted by Crippen LogP contribution is 2.59. The van der Waals surface area contributed by atoms with E-state index in [1.807, 2.05) is 12.1 Å². The maximum atomic E-state index is 13.0. The third-order valence-corrected chi connectivity index (χ3v) is 7.33. The molecule has 0 amide bonds. The second-order valence-corrected chi connectivity index (χ2v) is 8.67. The van der Waals surface area contributed by atoms with Crippen molar-refractivity contribution >= 4 is 38.9 Å². The van der Waals surface area contributed by atoms with Gasteiger partial charge in [-0.15, -0.1) is 0 Å². The van der Waals surface area contributed by atoms with Crippen molar-refractivity contribution in [3.63, 3.8) is 0 Å². The van der Waals surface area contributed by atoms with Gasteiger partial charge in [-0.2, -0.15) is 0 Å². The Labute approximate surface area is 184 Å². The quantitative estimate of drug-likeness (QED) is 0.323. The fourth-order valence-electron chi connectivity index (χ4n) is 6.10. The number of aromatic amines is 2. The highest BCUT2D eigenvalue weighted by molar-refractivity contribution is 6.03. The lowest BCUT2D eigenvalue weighted by molar-refractivity contribution is -0.109. The molecular weight excluding hydrogens is 392 g/mol. The summed E-state index contributed by atoms with van der Waals surface area (Å²) in [4.78, 5) is 19.9. The largest absolute Gasteiger partial charge is 0.361 e. The maximum absolute atomic E-state index is 13.0. The van der Waals surface area contributed by atoms with Crippen LogP contribution in [0, 0.1) is 0 Å². The van der Waals surface area contributed by atoms with Gasteiger partial charge in [-0.3, -0.25) is 0 Å². The standard InChI is InChI=1S/C29H20N2O/c32-17-25-21-11-5-7-18-8-6-12-22(28(18)21)29(25,23-15-30-26-13-3-1-9-19(23)26)24-16-31-27-14-4-2-10-20(24)27/h1-17,25,30-31H. The normalized spacial score (nSPS) is 16.8. The smallest absolute Gasteiger partial charge is 0.129 e. The summed E-state index contributed by atoms with van der Waals surface area (Å²) in [6.07, 6.45) is 5.36. The molecule has 0 fully saturated rings. The van der Waals surface area contributed by atoms with Crippen LogP contribution in [0.5, 0.6) is 0 Å². The number of hydrogen-bond donors (Lipinski definition) is 2. The van der Waals surface area contributed by atoms with Gasteiger partial charge in [-0.1, -0.05) is 72.8 Å². The van der Waals surface area contributed by atoms with Crippen molar-refractivity contribution in [1.82, 2.24) is 9.97 Å². The monoisotopic (exact) mass is 412 g/mol. The molecule has 0 spiro atoms. The van der Waals surface area contributed by atoms with Crippen LogP contribution < -0.4 is 0 Å². The molecule has 2 N–H and O–H groups in total. The third-order valence-electron chi connectivity index (χ3n) is 7.33. The van der Waals surface area contributed by atoms with Gasteiger partial charge in [0.2, 0.25) is 0 Å². The summed E-state index contributed by atoms with van der Waals surface area (Å²) >= 11 is 0. The summed E-state index contributed by atoms with van der Waals surface area (Å²) in [6, 6.07) is 29.5. The first kappa shape index (κ1) is 17.6. The molecular formula is C29H20N2O. The van der Waals surface area contributed by atoms with Gasteiger partial charge in [0.05, 0.1) is 11.3 Å². The van der Waals surface area contributed by atoms with Gasteiger partial charge in [-0.05, 0) is 45.2 Å². The molecule has 0 aliphatic heterocycles. The van der Waals surface area contributed by atoms with Crippen LogP contribution >= 0.6 is 0 Å². The van der Waals surface area contributed by atoms with Crippen LogP contribution in [0.3, 0.4) is 0 Å². The van der Waals surface area contributed by atoms with Gasteiger partial charge < -0.3 is 14.8 Å². The molecule has 152 valence electrons. The fourth-order valence-corrected chi connectivity index (χ4v) is 6.10. The summed E-state index contributed by atoms with van der Waals surface area (Å²) in [5, 5.41) is 4.67. The average molecular weight is 412 g/mol. The first-order chi connectivity index (χ1) is 15.8. The van der Waals surface area contributed by atoms with Gasteiger partial charge >= 0.3 is 0 Å². The number of hydrogen-bond acceptors (Lipinski definition) is 1. The van der Waals surface area contributed by atoms with Gasteiger partial charge in [-0.25, -0.2) is 0 Å². The zero-order valence-electron chi connectivity index (χ0n) is 17.3. The molecule has 1 aliphatic rings. The molecule has 1 atom stereocenters. The molecule has 7 rings (SSSR count). The average Bonchev–Trinajstić information content (AvgIpc) is 3.53. The van der Waals surface area contributed by atoms with Crippen LogP contribution in [-0.4, -0.2) is 16.3 Å². The van der Waals surface area contributed by atoms with Crippen molar-refractivity contribution in [1.29, 1.82) is 0 Å². The van der Waals surface area contributed by atoms with Gasteiger partial charge in [0.25, 0.3) is 0 Å². The van der Waals surface area contributed by atoms with E-state index >= 15 is 0 Å². The molecule has 0 saturated heterocycles. The number of aldehydes is 1. The summed E-state index contributed by atoms with van der Waals surface area (Å²) < 4.78 is 0. The minimum atomic E-state index is -0.635. The fraction of sp³-hybridized carbons (Fsp3) is 0.0690. The lowest BCUT2D eigenvalue weighted by atomic mass is 9.64. The minimum Gasteiger partial charge on any atom is -0.361 e. The number of carbonyl (C=O) groups is 1. The number of benzene rings is 4. The molecule has 0 saturated carbocycles. The van der Waals surface area contributed by atoms with E-state index in [0.717, 1.165) is 44.8 Å². The van der Waals surface area contributed by atoms with E-state index in [-0.39, 0.29) is 5.92 Å². The zero-order chi connectivity index (χ0) is 21.3. The molecule has 3 heteroatoms. The van der Waals surface area contributed by atoms with Crippen molar-refractivity contribution < 1.29 is 4.79 Å². The van der Waals surface area contributed by atoms with E-state index in [1.165, 1.54) is 16.3 Å². The second kappa shape index (κ2) is 6.21. The Morgan fingerprint density at radius 3 is 1.88 bits per heavy atom. The first-order valence-corrected chi connectivity index (χ1v) is 10.9. The topological polar surface area (TPSA) is 48.6 Å². The molecule has 3 nitrogen and oxygen atoms in total. The number of aromatic nitrogens is 2. The van der Waals surface area contributed by atoms with Crippen LogP contribution in [0.25, 0.3) is 32.6 Å². The number of nitrogens with one attached hydrogen (secondary N) is 2. The Balaban J connectivity index is 1.73. The van der Waals surface area contributed by atoms with Crippen molar-refractivity contribution in [2.24, 2.45) is 0 Å². The van der Waals surface area contributed by atoms with Crippen molar-refractivity contribution in [2.75, 3.05) is 0 Å². The lowest BCUT2D eigenvalue weighted by Gasteiger charge is -2.35. The molecule has 6 aromatic rings. The van der Waals surface area contributed by atoms with E-state index < -0.39 is 5.41 Å². The Morgan fingerprint density at radius 1 is 0.656 bits per heavy atom. The lowest BCUT2D eigenvalue weighted by Crippen LogP contribution is -2.33. The van der Waals surface area contributed by atoms with Crippen LogP contribution in [0.2, 0.25) is 0 Å². The predicted molar refractivity (Wildman–Crippen MR) is 129 cm³/mol. The SMILES string of the molecule is O=CC1c2cccc3cccc(c23)C1(c1c[nH]c2ccccc12)c1c[nH]c2ccccc12. The number of para-hydroxylation sites is 2. The number of fused-ring (bicyclic) bond motifs is 2. The molecule has 4 aromatic carbocycles. The summed E-state index contributed by atoms with van der Waals surface area (Å²) in [6.45, 7) is 0. The van der Waals surface area contributed by atoms with Crippen LogP contribution in [-0.2, 0) is 10.2 Å². The predicted octanol–water partition coefficient (Wildman–Crippen LogP) is 6.43. The Kier molecular flexibility index (Phi) is 3.41. The van der Waals surface area contributed by atoms with Crippen LogP contribution in [0.15, 0.2) is 97.3 Å². The molecule has 1 unspecified atom stereocenters. The third kappa shape index (κ3) is 1.98. The van der Waals surface area contributed by atoms with E-state index in [4.69, 9.17) is 0 Å². The van der Waals surface area contributed by atoms with Crippen LogP contribution in [0.1, 0.15) is 28.2 Å². The maximum Gasteiger partial charge on any atom is 0.129 e. The van der Waals surface area contributed by atoms with Crippen molar-refractivity contribution in [2.45, 2.75) is 11.3 Å². The summed E-state index contributed by atoms with van der Waals surface area (Å²) in [5.74, 6) is -0.331. The van der Waals surface area contributed by atoms with Crippen molar-refractivity contribution in [3.05, 3.63) is 120 Å². The Morgan fingerprint density at radius 2 is 1.25 bits per heavy atom. The van der Waals surface area contributed by atoms with E-state index in [1.54, 1.807) is 0 Å². The van der Waals surface area contributed by atoms with Crippen molar-refractivity contribution in [3.8, 4) is 0 Å². The summed E-state index contributed by atoms with van der Waals surface area (Å²) in [7, 11) is 0. The van der Waals surface area contributed by atoms with E-state index in [0.29, 0.717) is 0 Å². The second-order valence-electron chi connectivity index (χ2n) is 8.67. The molecule has 0 radical (unpaired) electrons. The van der Waals surface area contributed by atoms with Gasteiger partial charge in [0.1, 0.15) is 6.29 Å². The first-order valence-electron chi connectivity index (χ1n) is 10.9. The highest BCUT2D eigenvalue weighted by atomic mass is 16.1. The molecule has 2 heterocycles. The minimum absolute atomic E-state index is 0.331.